The predicted molar refractivity (Wildman–Crippen MR) is 143 cm³/mol. The molecule has 13 nitrogen and oxygen atoms in total. The zero-order valence-corrected chi connectivity index (χ0v) is 24.2. The van der Waals surface area contributed by atoms with Gasteiger partial charge in [-0.05, 0) is 39.8 Å². The Morgan fingerprint density at radius 1 is 1.17 bits per heavy atom. The number of benzene rings is 1. The van der Waals surface area contributed by atoms with Crippen molar-refractivity contribution in [2.24, 2.45) is 0 Å². The van der Waals surface area contributed by atoms with Crippen LogP contribution in [0.3, 0.4) is 0 Å². The standard InChI is InChI=1S/C26H35FN3O10P/c1-6-21(32)39-22-19(38-24(26(22,5)27)30-13-12-20(31)28-25(30)33)14-35-41(34,40-18-10-8-7-9-11-18)29-15(2)23-36-16(3)17(4)37-23/h7-13,15-17,19,22-24H,6,14H2,1-5H3,(H,29,34)(H,28,31,33)/t15-,16?,17?,19?,22?,23?,24?,26?,41?/m0/s1. The smallest absolute Gasteiger partial charge is 0.456 e. The number of hydrogen-bond acceptors (Lipinski definition) is 10. The second-order valence-electron chi connectivity index (χ2n) is 10.1. The second-order valence-corrected chi connectivity index (χ2v) is 11.8. The monoisotopic (exact) mass is 599 g/mol. The molecule has 0 saturated carbocycles. The zero-order valence-electron chi connectivity index (χ0n) is 23.4. The molecule has 0 radical (unpaired) electrons. The van der Waals surface area contributed by atoms with Crippen LogP contribution in [0.4, 0.5) is 4.39 Å². The van der Waals surface area contributed by atoms with Crippen LogP contribution in [0.5, 0.6) is 5.75 Å². The van der Waals surface area contributed by atoms with Crippen molar-refractivity contribution in [2.45, 2.75) is 89.7 Å². The lowest BCUT2D eigenvalue weighted by atomic mass is 9.98. The molecule has 1 aromatic heterocycles. The van der Waals surface area contributed by atoms with Crippen molar-refractivity contribution >= 4 is 13.7 Å². The normalized spacial score (nSPS) is 31.9. The van der Waals surface area contributed by atoms with Crippen molar-refractivity contribution in [1.82, 2.24) is 14.6 Å². The molecule has 226 valence electrons. The number of aromatic nitrogens is 2. The molecule has 41 heavy (non-hydrogen) atoms. The van der Waals surface area contributed by atoms with Crippen LogP contribution in [0.2, 0.25) is 0 Å². The maximum absolute atomic E-state index is 16.2. The zero-order chi connectivity index (χ0) is 29.9. The Morgan fingerprint density at radius 2 is 1.83 bits per heavy atom. The Kier molecular flexibility index (Phi) is 9.52. The minimum absolute atomic E-state index is 0.0592. The molecular weight excluding hydrogens is 564 g/mol. The fraction of sp³-hybridized carbons (Fsp3) is 0.577. The van der Waals surface area contributed by atoms with E-state index in [1.807, 2.05) is 18.8 Å². The second kappa shape index (κ2) is 12.6. The SMILES string of the molecule is CCC(=O)OC1C(COP(=O)(N[C@@H](C)C2OC(C)C(C)O2)Oc2ccccc2)OC(n2ccc(=O)[nH]c2=O)C1(C)F. The summed E-state index contributed by atoms with van der Waals surface area (Å²) in [6, 6.07) is 8.61. The fourth-order valence-corrected chi connectivity index (χ4v) is 6.01. The van der Waals surface area contributed by atoms with Crippen LogP contribution in [0.1, 0.15) is 47.3 Å². The summed E-state index contributed by atoms with van der Waals surface area (Å²) in [5, 5.41) is 2.80. The molecule has 15 heteroatoms. The minimum atomic E-state index is -4.23. The number of rotatable bonds is 11. The highest BCUT2D eigenvalue weighted by Gasteiger charge is 2.58. The number of aromatic amines is 1. The van der Waals surface area contributed by atoms with E-state index in [-0.39, 0.29) is 24.4 Å². The molecule has 2 aliphatic heterocycles. The van der Waals surface area contributed by atoms with Gasteiger partial charge in [-0.1, -0.05) is 25.1 Å². The Bertz CT molecular complexity index is 1360. The number of nitrogens with one attached hydrogen (secondary N) is 2. The van der Waals surface area contributed by atoms with Gasteiger partial charge in [-0.3, -0.25) is 23.7 Å². The Hall–Kier alpha value is -2.87. The number of nitrogens with zero attached hydrogens (tertiary/aromatic N) is 1. The number of hydrogen-bond donors (Lipinski definition) is 2. The molecule has 0 bridgehead atoms. The molecule has 2 saturated heterocycles. The largest absolute Gasteiger partial charge is 0.459 e. The van der Waals surface area contributed by atoms with Crippen molar-refractivity contribution in [1.29, 1.82) is 0 Å². The molecule has 0 amide bonds. The van der Waals surface area contributed by atoms with E-state index in [0.29, 0.717) is 0 Å². The third-order valence-electron chi connectivity index (χ3n) is 6.84. The van der Waals surface area contributed by atoms with Crippen LogP contribution >= 0.6 is 7.75 Å². The molecule has 8 atom stereocenters. The van der Waals surface area contributed by atoms with E-state index in [1.165, 1.54) is 6.92 Å². The van der Waals surface area contributed by atoms with Crippen LogP contribution in [0, 0.1) is 0 Å². The van der Waals surface area contributed by atoms with Crippen molar-refractivity contribution in [3.8, 4) is 5.75 Å². The Labute approximate surface area is 235 Å². The summed E-state index contributed by atoms with van der Waals surface area (Å²) >= 11 is 0. The Morgan fingerprint density at radius 3 is 2.44 bits per heavy atom. The molecule has 2 N–H and O–H groups in total. The van der Waals surface area contributed by atoms with Crippen LogP contribution in [-0.2, 0) is 32.8 Å². The van der Waals surface area contributed by atoms with Gasteiger partial charge in [0.25, 0.3) is 5.56 Å². The molecule has 2 aromatic rings. The topological polar surface area (TPSA) is 156 Å². The number of alkyl halides is 1. The van der Waals surface area contributed by atoms with Gasteiger partial charge in [-0.25, -0.2) is 18.8 Å². The first-order chi connectivity index (χ1) is 19.3. The van der Waals surface area contributed by atoms with E-state index in [2.05, 4.69) is 5.09 Å². The molecule has 3 heterocycles. The summed E-state index contributed by atoms with van der Waals surface area (Å²) in [5.41, 5.74) is -4.07. The first-order valence-corrected chi connectivity index (χ1v) is 14.8. The van der Waals surface area contributed by atoms with Gasteiger partial charge >= 0.3 is 19.4 Å². The van der Waals surface area contributed by atoms with Gasteiger partial charge in [0.05, 0.1) is 24.9 Å². The molecule has 1 aromatic carbocycles. The third kappa shape index (κ3) is 7.14. The number of esters is 1. The summed E-state index contributed by atoms with van der Waals surface area (Å²) in [6.45, 7) is 7.43. The van der Waals surface area contributed by atoms with E-state index in [0.717, 1.165) is 23.8 Å². The first kappa shape index (κ1) is 31.1. The lowest BCUT2D eigenvalue weighted by Gasteiger charge is -2.29. The van der Waals surface area contributed by atoms with Crippen molar-refractivity contribution in [2.75, 3.05) is 6.61 Å². The highest BCUT2D eigenvalue weighted by Crippen LogP contribution is 2.48. The average molecular weight is 600 g/mol. The van der Waals surface area contributed by atoms with Gasteiger partial charge in [0.2, 0.25) is 0 Å². The summed E-state index contributed by atoms with van der Waals surface area (Å²) in [7, 11) is -4.23. The summed E-state index contributed by atoms with van der Waals surface area (Å²) < 4.78 is 65.4. The van der Waals surface area contributed by atoms with Gasteiger partial charge in [-0.15, -0.1) is 0 Å². The molecular formula is C26H35FN3O10P. The minimum Gasteiger partial charge on any atom is -0.456 e. The molecule has 4 rings (SSSR count). The number of para-hydroxylation sites is 1. The molecule has 2 fully saturated rings. The highest BCUT2D eigenvalue weighted by molar-refractivity contribution is 7.52. The maximum Gasteiger partial charge on any atom is 0.459 e. The number of ether oxygens (including phenoxy) is 4. The van der Waals surface area contributed by atoms with E-state index in [9.17, 15) is 18.9 Å². The van der Waals surface area contributed by atoms with Crippen LogP contribution < -0.4 is 20.9 Å². The average Bonchev–Trinajstić information content (AvgIpc) is 3.38. The van der Waals surface area contributed by atoms with Crippen LogP contribution in [0.15, 0.2) is 52.2 Å². The van der Waals surface area contributed by atoms with E-state index in [4.69, 9.17) is 28.0 Å². The first-order valence-electron chi connectivity index (χ1n) is 13.3. The number of halogens is 1. The van der Waals surface area contributed by atoms with Gasteiger partial charge < -0.3 is 23.5 Å². The quantitative estimate of drug-likeness (QED) is 0.289. The van der Waals surface area contributed by atoms with Crippen LogP contribution in [0.25, 0.3) is 0 Å². The lowest BCUT2D eigenvalue weighted by Crippen LogP contribution is -2.46. The van der Waals surface area contributed by atoms with Crippen molar-refractivity contribution in [3.63, 3.8) is 0 Å². The number of H-pyrrole nitrogens is 1. The fourth-order valence-electron chi connectivity index (χ4n) is 4.47. The predicted octanol–water partition coefficient (Wildman–Crippen LogP) is 2.82. The third-order valence-corrected chi connectivity index (χ3v) is 8.50. The van der Waals surface area contributed by atoms with Crippen molar-refractivity contribution < 1.29 is 41.7 Å². The molecule has 0 spiro atoms. The highest BCUT2D eigenvalue weighted by atomic mass is 31.2. The van der Waals surface area contributed by atoms with Gasteiger partial charge in [0, 0.05) is 18.7 Å². The van der Waals surface area contributed by atoms with E-state index < -0.39 is 68.0 Å². The van der Waals surface area contributed by atoms with E-state index >= 15 is 4.39 Å². The van der Waals surface area contributed by atoms with Crippen molar-refractivity contribution in [3.05, 3.63) is 63.4 Å². The maximum atomic E-state index is 16.2. The number of carbonyl (C=O) groups excluding carboxylic acids is 1. The molecule has 7 unspecified atom stereocenters. The van der Waals surface area contributed by atoms with Crippen LogP contribution in [-0.4, -0.2) is 64.5 Å². The van der Waals surface area contributed by atoms with Gasteiger partial charge in [-0.2, -0.15) is 0 Å². The summed E-state index contributed by atoms with van der Waals surface area (Å²) in [6.07, 6.45) is -4.65. The van der Waals surface area contributed by atoms with Gasteiger partial charge in [0.1, 0.15) is 11.9 Å². The molecule has 2 aliphatic rings. The summed E-state index contributed by atoms with van der Waals surface area (Å²) in [5.74, 6) is -0.504. The van der Waals surface area contributed by atoms with Gasteiger partial charge in [0.15, 0.2) is 24.3 Å². The summed E-state index contributed by atoms with van der Waals surface area (Å²) in [4.78, 5) is 38.3. The van der Waals surface area contributed by atoms with E-state index in [1.54, 1.807) is 37.3 Å². The number of carbonyl (C=O) groups is 1. The Balaban J connectivity index is 1.59. The lowest BCUT2D eigenvalue weighted by molar-refractivity contribution is -0.157. The molecule has 0 aliphatic carbocycles.